The van der Waals surface area contributed by atoms with E-state index >= 15 is 0 Å². The number of hydrogen-bond acceptors (Lipinski definition) is 4. The molecule has 0 bridgehead atoms. The van der Waals surface area contributed by atoms with Crippen molar-refractivity contribution in [2.45, 2.75) is 54.0 Å². The third-order valence-electron chi connectivity index (χ3n) is 3.60. The lowest BCUT2D eigenvalue weighted by molar-refractivity contribution is -0.130. The van der Waals surface area contributed by atoms with E-state index in [1.807, 2.05) is 41.5 Å². The zero-order valence-electron chi connectivity index (χ0n) is 14.1. The third kappa shape index (κ3) is 5.65. The summed E-state index contributed by atoms with van der Waals surface area (Å²) in [6.45, 7) is 13.1. The molecule has 2 unspecified atom stereocenters. The highest BCUT2D eigenvalue weighted by Crippen LogP contribution is 2.27. The highest BCUT2D eigenvalue weighted by molar-refractivity contribution is 5.91. The Morgan fingerprint density at radius 2 is 1.86 bits per heavy atom. The van der Waals surface area contributed by atoms with Gasteiger partial charge in [-0.2, -0.15) is 0 Å². The van der Waals surface area contributed by atoms with Gasteiger partial charge in [-0.15, -0.1) is 0 Å². The maximum Gasteiger partial charge on any atom is 0.407 e. The van der Waals surface area contributed by atoms with Gasteiger partial charge in [0.1, 0.15) is 0 Å². The van der Waals surface area contributed by atoms with Crippen LogP contribution in [0.15, 0.2) is 0 Å². The molecule has 0 aromatic heterocycles. The molecule has 1 aliphatic rings. The number of rotatable bonds is 4. The molecular formula is C16H29NO4. The first-order chi connectivity index (χ1) is 9.51. The second-order valence-electron chi connectivity index (χ2n) is 7.89. The summed E-state index contributed by atoms with van der Waals surface area (Å²) >= 11 is 0. The zero-order valence-corrected chi connectivity index (χ0v) is 14.1. The Labute approximate surface area is 127 Å². The van der Waals surface area contributed by atoms with Crippen molar-refractivity contribution in [3.05, 3.63) is 0 Å². The Morgan fingerprint density at radius 1 is 1.24 bits per heavy atom. The van der Waals surface area contributed by atoms with Gasteiger partial charge in [-0.1, -0.05) is 41.5 Å². The summed E-state index contributed by atoms with van der Waals surface area (Å²) < 4.78 is 10.5. The van der Waals surface area contributed by atoms with Crippen molar-refractivity contribution < 1.29 is 19.1 Å². The van der Waals surface area contributed by atoms with E-state index in [1.54, 1.807) is 0 Å². The van der Waals surface area contributed by atoms with Crippen LogP contribution in [0.4, 0.5) is 4.79 Å². The Bertz CT molecular complexity index is 373. The van der Waals surface area contributed by atoms with Gasteiger partial charge in [0.25, 0.3) is 0 Å². The van der Waals surface area contributed by atoms with Crippen LogP contribution in [0.25, 0.3) is 0 Å². The molecule has 1 heterocycles. The predicted octanol–water partition coefficient (Wildman–Crippen LogP) is 2.78. The number of nitrogens with one attached hydrogen (secondary N) is 1. The fraction of sp³-hybridized carbons (Fsp3) is 0.875. The lowest BCUT2D eigenvalue weighted by Gasteiger charge is -2.34. The van der Waals surface area contributed by atoms with Crippen molar-refractivity contribution in [2.75, 3.05) is 19.8 Å². The topological polar surface area (TPSA) is 64.6 Å². The number of hydrogen-bond donors (Lipinski definition) is 1. The highest BCUT2D eigenvalue weighted by atomic mass is 16.6. The molecule has 1 amide bonds. The SMILES string of the molecule is CC(C)(C)C(=O)C(NC(=O)OCC1CCOC1)C(C)(C)C. The fourth-order valence-electron chi connectivity index (χ4n) is 2.18. The average Bonchev–Trinajstić information content (AvgIpc) is 2.83. The second-order valence-corrected chi connectivity index (χ2v) is 7.89. The minimum Gasteiger partial charge on any atom is -0.449 e. The van der Waals surface area contributed by atoms with E-state index < -0.39 is 17.6 Å². The molecule has 1 aliphatic heterocycles. The lowest BCUT2D eigenvalue weighted by atomic mass is 9.76. The lowest BCUT2D eigenvalue weighted by Crippen LogP contribution is -2.53. The molecule has 5 nitrogen and oxygen atoms in total. The van der Waals surface area contributed by atoms with Crippen LogP contribution in [0.2, 0.25) is 0 Å². The summed E-state index contributed by atoms with van der Waals surface area (Å²) in [4.78, 5) is 24.5. The van der Waals surface area contributed by atoms with Crippen LogP contribution in [-0.2, 0) is 14.3 Å². The highest BCUT2D eigenvalue weighted by Gasteiger charge is 2.38. The molecule has 0 aromatic rings. The van der Waals surface area contributed by atoms with Crippen LogP contribution in [0, 0.1) is 16.7 Å². The van der Waals surface area contributed by atoms with E-state index in [1.165, 1.54) is 0 Å². The summed E-state index contributed by atoms with van der Waals surface area (Å²) in [5, 5.41) is 2.74. The van der Waals surface area contributed by atoms with Crippen LogP contribution >= 0.6 is 0 Å². The van der Waals surface area contributed by atoms with Gasteiger partial charge < -0.3 is 14.8 Å². The van der Waals surface area contributed by atoms with Gasteiger partial charge in [-0.05, 0) is 11.8 Å². The van der Waals surface area contributed by atoms with Crippen molar-refractivity contribution in [1.82, 2.24) is 5.32 Å². The Morgan fingerprint density at radius 3 is 2.29 bits per heavy atom. The van der Waals surface area contributed by atoms with Crippen LogP contribution in [0.3, 0.4) is 0 Å². The zero-order chi connectivity index (χ0) is 16.3. The fourth-order valence-corrected chi connectivity index (χ4v) is 2.18. The van der Waals surface area contributed by atoms with Crippen molar-refractivity contribution in [3.63, 3.8) is 0 Å². The molecule has 5 heteroatoms. The average molecular weight is 299 g/mol. The van der Waals surface area contributed by atoms with E-state index in [0.717, 1.165) is 13.0 Å². The van der Waals surface area contributed by atoms with E-state index in [-0.39, 0.29) is 17.1 Å². The Balaban J connectivity index is 2.60. The van der Waals surface area contributed by atoms with Crippen LogP contribution in [-0.4, -0.2) is 37.7 Å². The number of alkyl carbamates (subject to hydrolysis) is 1. The predicted molar refractivity (Wildman–Crippen MR) is 81.1 cm³/mol. The van der Waals surface area contributed by atoms with Gasteiger partial charge in [0.05, 0.1) is 19.3 Å². The van der Waals surface area contributed by atoms with Crippen molar-refractivity contribution in [2.24, 2.45) is 16.7 Å². The van der Waals surface area contributed by atoms with E-state index in [0.29, 0.717) is 13.2 Å². The summed E-state index contributed by atoms with van der Waals surface area (Å²) in [7, 11) is 0. The number of amides is 1. The van der Waals surface area contributed by atoms with Gasteiger partial charge >= 0.3 is 6.09 Å². The van der Waals surface area contributed by atoms with Gasteiger partial charge in [0.15, 0.2) is 5.78 Å². The normalized spacial score (nSPS) is 21.0. The molecule has 0 saturated carbocycles. The molecule has 2 atom stereocenters. The smallest absolute Gasteiger partial charge is 0.407 e. The summed E-state index contributed by atoms with van der Waals surface area (Å²) in [5.74, 6) is 0.276. The van der Waals surface area contributed by atoms with Gasteiger partial charge in [0, 0.05) is 17.9 Å². The summed E-state index contributed by atoms with van der Waals surface area (Å²) in [6, 6.07) is -0.565. The van der Waals surface area contributed by atoms with E-state index in [9.17, 15) is 9.59 Å². The van der Waals surface area contributed by atoms with Gasteiger partial charge in [-0.25, -0.2) is 4.79 Å². The first-order valence-electron chi connectivity index (χ1n) is 7.57. The molecule has 1 saturated heterocycles. The first-order valence-corrected chi connectivity index (χ1v) is 7.57. The molecule has 1 fully saturated rings. The minimum absolute atomic E-state index is 0.0103. The number of ether oxygens (including phenoxy) is 2. The maximum atomic E-state index is 12.5. The van der Waals surface area contributed by atoms with E-state index in [4.69, 9.17) is 9.47 Å². The molecule has 1 rings (SSSR count). The molecule has 0 spiro atoms. The molecule has 0 aliphatic carbocycles. The Hall–Kier alpha value is -1.10. The van der Waals surface area contributed by atoms with E-state index in [2.05, 4.69) is 5.32 Å². The largest absolute Gasteiger partial charge is 0.449 e. The van der Waals surface area contributed by atoms with Crippen LogP contribution in [0.5, 0.6) is 0 Å². The Kier molecular flexibility index (Phi) is 5.79. The van der Waals surface area contributed by atoms with Gasteiger partial charge in [-0.3, -0.25) is 4.79 Å². The number of ketones is 1. The quantitative estimate of drug-likeness (QED) is 0.867. The second kappa shape index (κ2) is 6.77. The molecule has 0 radical (unpaired) electrons. The first kappa shape index (κ1) is 18.0. The van der Waals surface area contributed by atoms with Crippen molar-refractivity contribution in [1.29, 1.82) is 0 Å². The summed E-state index contributed by atoms with van der Waals surface area (Å²) in [6.07, 6.45) is 0.385. The number of Topliss-reactive ketones (excluding diaryl/α,β-unsaturated/α-hetero) is 1. The third-order valence-corrected chi connectivity index (χ3v) is 3.60. The monoisotopic (exact) mass is 299 g/mol. The number of carbonyl (C=O) groups excluding carboxylic acids is 2. The van der Waals surface area contributed by atoms with Crippen LogP contribution in [0.1, 0.15) is 48.0 Å². The molecule has 0 aromatic carbocycles. The van der Waals surface area contributed by atoms with Crippen molar-refractivity contribution >= 4 is 11.9 Å². The van der Waals surface area contributed by atoms with Crippen molar-refractivity contribution in [3.8, 4) is 0 Å². The van der Waals surface area contributed by atoms with Gasteiger partial charge in [0.2, 0.25) is 0 Å². The molecule has 1 N–H and O–H groups in total. The maximum absolute atomic E-state index is 12.5. The minimum atomic E-state index is -0.565. The molecular weight excluding hydrogens is 270 g/mol. The standard InChI is InChI=1S/C16H29NO4/c1-15(2,3)12(13(18)16(4,5)6)17-14(19)21-10-11-7-8-20-9-11/h11-12H,7-10H2,1-6H3,(H,17,19). The number of carbonyl (C=O) groups is 2. The molecule has 122 valence electrons. The molecule has 21 heavy (non-hydrogen) atoms. The summed E-state index contributed by atoms with van der Waals surface area (Å²) in [5.41, 5.74) is -0.871. The van der Waals surface area contributed by atoms with Crippen LogP contribution < -0.4 is 5.32 Å².